The number of esters is 2. The largest absolute Gasteiger partial charge is 0.512 e. The number of fused-ring (bicyclic) bond motifs is 1. The van der Waals surface area contributed by atoms with E-state index in [9.17, 15) is 24.9 Å². The molecule has 3 N–H and O–H groups in total. The maximum atomic E-state index is 12.6. The second-order valence-corrected chi connectivity index (χ2v) is 8.91. The summed E-state index contributed by atoms with van der Waals surface area (Å²) in [6.45, 7) is 7.56. The topological polar surface area (TPSA) is 113 Å². The van der Waals surface area contributed by atoms with Crippen molar-refractivity contribution in [3.05, 3.63) is 23.2 Å². The lowest BCUT2D eigenvalue weighted by Gasteiger charge is -2.43. The Balaban J connectivity index is 2.26. The molecule has 0 aliphatic heterocycles. The van der Waals surface area contributed by atoms with Crippen LogP contribution in [0, 0.1) is 17.8 Å². The standard InChI is InChI=1S/C24H38O7/c1-5-7-8-9-11-20(28)30-22-15(4)17(25)12-16-18(26)13-19(27)23(21(16)22)31-24(29)14(3)10-6-2/h12,14-15,19,21-23,25-27H,5-11,13H2,1-4H3. The van der Waals surface area contributed by atoms with Gasteiger partial charge in [0.05, 0.1) is 35.4 Å². The van der Waals surface area contributed by atoms with E-state index in [1.54, 1.807) is 13.8 Å². The van der Waals surface area contributed by atoms with Crippen molar-refractivity contribution in [3.63, 3.8) is 0 Å². The van der Waals surface area contributed by atoms with E-state index in [4.69, 9.17) is 9.47 Å². The molecule has 0 amide bonds. The average molecular weight is 439 g/mol. The van der Waals surface area contributed by atoms with Gasteiger partial charge in [-0.1, -0.05) is 53.4 Å². The number of unbranched alkanes of at least 4 members (excludes halogenated alkanes) is 3. The Morgan fingerprint density at radius 3 is 2.45 bits per heavy atom. The zero-order chi connectivity index (χ0) is 23.1. The molecule has 7 heteroatoms. The minimum absolute atomic E-state index is 0.0117. The number of carbonyl (C=O) groups excluding carboxylic acids is 2. The number of rotatable bonds is 10. The molecule has 2 aliphatic carbocycles. The smallest absolute Gasteiger partial charge is 0.309 e. The second kappa shape index (κ2) is 11.6. The van der Waals surface area contributed by atoms with Gasteiger partial charge in [0, 0.05) is 18.4 Å². The number of hydrogen-bond donors (Lipinski definition) is 3. The fourth-order valence-electron chi connectivity index (χ4n) is 4.39. The van der Waals surface area contributed by atoms with Crippen molar-refractivity contribution in [2.24, 2.45) is 17.8 Å². The lowest BCUT2D eigenvalue weighted by Crippen LogP contribution is -2.52. The third kappa shape index (κ3) is 6.25. The van der Waals surface area contributed by atoms with Crippen LogP contribution in [0.4, 0.5) is 0 Å². The van der Waals surface area contributed by atoms with Crippen LogP contribution in [0.5, 0.6) is 0 Å². The van der Waals surface area contributed by atoms with Crippen molar-refractivity contribution in [3.8, 4) is 0 Å². The summed E-state index contributed by atoms with van der Waals surface area (Å²) in [5.41, 5.74) is 0.352. The van der Waals surface area contributed by atoms with Gasteiger partial charge >= 0.3 is 11.9 Å². The average Bonchev–Trinajstić information content (AvgIpc) is 2.72. The monoisotopic (exact) mass is 438 g/mol. The van der Waals surface area contributed by atoms with Crippen molar-refractivity contribution < 1.29 is 34.4 Å². The molecule has 0 saturated carbocycles. The summed E-state index contributed by atoms with van der Waals surface area (Å²) in [5.74, 6) is -2.55. The van der Waals surface area contributed by atoms with E-state index >= 15 is 0 Å². The lowest BCUT2D eigenvalue weighted by atomic mass is 9.71. The summed E-state index contributed by atoms with van der Waals surface area (Å²) in [4.78, 5) is 25.1. The van der Waals surface area contributed by atoms with Gasteiger partial charge < -0.3 is 24.8 Å². The van der Waals surface area contributed by atoms with Gasteiger partial charge in [-0.3, -0.25) is 9.59 Å². The molecule has 2 aliphatic rings. The van der Waals surface area contributed by atoms with Crippen LogP contribution in [-0.2, 0) is 19.1 Å². The quantitative estimate of drug-likeness (QED) is 0.340. The number of ether oxygens (including phenoxy) is 2. The maximum Gasteiger partial charge on any atom is 0.309 e. The molecule has 0 heterocycles. The van der Waals surface area contributed by atoms with Gasteiger partial charge in [0.1, 0.15) is 12.2 Å². The summed E-state index contributed by atoms with van der Waals surface area (Å²) in [5, 5.41) is 31.5. The Bertz CT molecular complexity index is 696. The minimum Gasteiger partial charge on any atom is -0.512 e. The fraction of sp³-hybridized carbons (Fsp3) is 0.750. The third-order valence-electron chi connectivity index (χ3n) is 6.32. The van der Waals surface area contributed by atoms with Gasteiger partial charge in [0.15, 0.2) is 0 Å². The molecule has 2 rings (SSSR count). The molecule has 7 nitrogen and oxygen atoms in total. The van der Waals surface area contributed by atoms with Gasteiger partial charge in [-0.05, 0) is 18.9 Å². The molecule has 0 aromatic rings. The first-order valence-corrected chi connectivity index (χ1v) is 11.6. The van der Waals surface area contributed by atoms with Gasteiger partial charge in [0.2, 0.25) is 0 Å². The first-order chi connectivity index (χ1) is 14.7. The molecule has 0 aromatic heterocycles. The normalized spacial score (nSPS) is 29.1. The van der Waals surface area contributed by atoms with Crippen molar-refractivity contribution >= 4 is 11.9 Å². The number of aliphatic hydroxyl groups is 3. The molecular weight excluding hydrogens is 400 g/mol. The Morgan fingerprint density at radius 1 is 1.10 bits per heavy atom. The lowest BCUT2D eigenvalue weighted by molar-refractivity contribution is -0.176. The maximum absolute atomic E-state index is 12.6. The summed E-state index contributed by atoms with van der Waals surface area (Å²) in [7, 11) is 0. The molecule has 0 saturated heterocycles. The van der Waals surface area contributed by atoms with Gasteiger partial charge in [-0.2, -0.15) is 0 Å². The number of allylic oxidation sites excluding steroid dienone is 1. The Kier molecular flexibility index (Phi) is 9.41. The first kappa shape index (κ1) is 25.2. The molecule has 6 unspecified atom stereocenters. The van der Waals surface area contributed by atoms with Crippen LogP contribution < -0.4 is 0 Å². The van der Waals surface area contributed by atoms with Gasteiger partial charge in [-0.15, -0.1) is 0 Å². The minimum atomic E-state index is -1.13. The Labute approximate surface area is 185 Å². The summed E-state index contributed by atoms with van der Waals surface area (Å²) in [6, 6.07) is 0. The zero-order valence-corrected chi connectivity index (χ0v) is 19.2. The Morgan fingerprint density at radius 2 is 1.81 bits per heavy atom. The second-order valence-electron chi connectivity index (χ2n) is 8.91. The zero-order valence-electron chi connectivity index (χ0n) is 19.2. The molecule has 0 spiro atoms. The van der Waals surface area contributed by atoms with Gasteiger partial charge in [0.25, 0.3) is 0 Å². The van der Waals surface area contributed by atoms with Crippen molar-refractivity contribution in [1.82, 2.24) is 0 Å². The summed E-state index contributed by atoms with van der Waals surface area (Å²) < 4.78 is 11.5. The predicted molar refractivity (Wildman–Crippen MR) is 116 cm³/mol. The summed E-state index contributed by atoms with van der Waals surface area (Å²) >= 11 is 0. The van der Waals surface area contributed by atoms with E-state index in [0.29, 0.717) is 18.4 Å². The molecule has 6 atom stereocenters. The molecule has 0 aromatic carbocycles. The van der Waals surface area contributed by atoms with E-state index in [0.717, 1.165) is 25.7 Å². The van der Waals surface area contributed by atoms with E-state index in [2.05, 4.69) is 6.92 Å². The highest BCUT2D eigenvalue weighted by Crippen LogP contribution is 2.43. The van der Waals surface area contributed by atoms with E-state index in [1.807, 2.05) is 6.92 Å². The van der Waals surface area contributed by atoms with Crippen molar-refractivity contribution in [2.75, 3.05) is 0 Å². The van der Waals surface area contributed by atoms with Gasteiger partial charge in [-0.25, -0.2) is 0 Å². The number of hydrogen-bond acceptors (Lipinski definition) is 7. The third-order valence-corrected chi connectivity index (χ3v) is 6.32. The fourth-order valence-corrected chi connectivity index (χ4v) is 4.39. The number of aliphatic hydroxyl groups excluding tert-OH is 3. The molecular formula is C24H38O7. The van der Waals surface area contributed by atoms with Crippen LogP contribution in [0.1, 0.15) is 79.1 Å². The highest BCUT2D eigenvalue weighted by Gasteiger charge is 2.50. The first-order valence-electron chi connectivity index (χ1n) is 11.6. The molecule has 0 radical (unpaired) electrons. The molecule has 0 fully saturated rings. The summed E-state index contributed by atoms with van der Waals surface area (Å²) in [6.07, 6.45) is 3.88. The van der Waals surface area contributed by atoms with Crippen molar-refractivity contribution in [1.29, 1.82) is 0 Å². The number of carbonyl (C=O) groups is 2. The highest BCUT2D eigenvalue weighted by atomic mass is 16.6. The van der Waals surface area contributed by atoms with E-state index in [-0.39, 0.29) is 30.3 Å². The van der Waals surface area contributed by atoms with Crippen molar-refractivity contribution in [2.45, 2.75) is 97.4 Å². The Hall–Kier alpha value is -2.02. The SMILES string of the molecule is CCCCCCC(=O)OC1C(C)C(O)=CC2=C(O)CC(O)C(OC(=O)C(C)CCC)C21. The molecule has 0 bridgehead atoms. The van der Waals surface area contributed by atoms with Crippen LogP contribution >= 0.6 is 0 Å². The van der Waals surface area contributed by atoms with Crippen LogP contribution in [0.15, 0.2) is 23.2 Å². The van der Waals surface area contributed by atoms with Crippen LogP contribution in [-0.4, -0.2) is 45.6 Å². The van der Waals surface area contributed by atoms with Crippen LogP contribution in [0.2, 0.25) is 0 Å². The van der Waals surface area contributed by atoms with E-state index in [1.165, 1.54) is 6.08 Å². The highest BCUT2D eigenvalue weighted by molar-refractivity contribution is 5.72. The van der Waals surface area contributed by atoms with Crippen LogP contribution in [0.25, 0.3) is 0 Å². The van der Waals surface area contributed by atoms with Crippen LogP contribution in [0.3, 0.4) is 0 Å². The predicted octanol–water partition coefficient (Wildman–Crippen LogP) is 4.50. The molecule has 31 heavy (non-hydrogen) atoms. The molecule has 176 valence electrons. The van der Waals surface area contributed by atoms with E-state index < -0.39 is 42.1 Å².